The SMILES string of the molecule is CCC(C)C(C)NS(=O)(=O)c1cc(C(=O)O)cc(C)c1C. The van der Waals surface area contributed by atoms with Crippen molar-refractivity contribution in [2.75, 3.05) is 0 Å². The van der Waals surface area contributed by atoms with Gasteiger partial charge in [0.05, 0.1) is 10.5 Å². The van der Waals surface area contributed by atoms with Crippen LogP contribution in [0.15, 0.2) is 17.0 Å². The molecule has 2 N–H and O–H groups in total. The van der Waals surface area contributed by atoms with Gasteiger partial charge in [0.15, 0.2) is 0 Å². The summed E-state index contributed by atoms with van der Waals surface area (Å²) in [6.45, 7) is 9.17. The normalized spacial score (nSPS) is 14.7. The zero-order chi connectivity index (χ0) is 16.4. The smallest absolute Gasteiger partial charge is 0.335 e. The number of sulfonamides is 1. The van der Waals surface area contributed by atoms with Gasteiger partial charge in [0.2, 0.25) is 10.0 Å². The molecular formula is C15H23NO4S. The number of benzene rings is 1. The van der Waals surface area contributed by atoms with E-state index in [2.05, 4.69) is 4.72 Å². The Kier molecular flexibility index (Phi) is 5.53. The lowest BCUT2D eigenvalue weighted by Gasteiger charge is -2.21. The van der Waals surface area contributed by atoms with Crippen molar-refractivity contribution in [2.24, 2.45) is 5.92 Å². The second-order valence-corrected chi connectivity index (χ2v) is 7.20. The van der Waals surface area contributed by atoms with Gasteiger partial charge in [-0.3, -0.25) is 0 Å². The summed E-state index contributed by atoms with van der Waals surface area (Å²) in [7, 11) is -3.74. The van der Waals surface area contributed by atoms with Crippen LogP contribution in [0.3, 0.4) is 0 Å². The predicted molar refractivity (Wildman–Crippen MR) is 82.1 cm³/mol. The van der Waals surface area contributed by atoms with E-state index in [1.54, 1.807) is 13.8 Å². The second-order valence-electron chi connectivity index (χ2n) is 5.52. The largest absolute Gasteiger partial charge is 0.478 e. The molecule has 0 saturated carbocycles. The lowest BCUT2D eigenvalue weighted by Crippen LogP contribution is -2.37. The lowest BCUT2D eigenvalue weighted by atomic mass is 10.0. The fourth-order valence-corrected chi connectivity index (χ4v) is 3.70. The molecule has 0 bridgehead atoms. The van der Waals surface area contributed by atoms with E-state index in [1.165, 1.54) is 12.1 Å². The van der Waals surface area contributed by atoms with Crippen molar-refractivity contribution in [3.63, 3.8) is 0 Å². The third kappa shape index (κ3) is 4.04. The number of hydrogen-bond donors (Lipinski definition) is 2. The van der Waals surface area contributed by atoms with E-state index in [1.807, 2.05) is 20.8 Å². The van der Waals surface area contributed by atoms with Crippen molar-refractivity contribution in [2.45, 2.75) is 52.0 Å². The predicted octanol–water partition coefficient (Wildman–Crippen LogP) is 2.71. The molecule has 6 heteroatoms. The maximum absolute atomic E-state index is 12.5. The first-order valence-electron chi connectivity index (χ1n) is 6.97. The van der Waals surface area contributed by atoms with Crippen LogP contribution in [0.1, 0.15) is 48.7 Å². The molecule has 1 aromatic rings. The summed E-state index contributed by atoms with van der Waals surface area (Å²) in [6.07, 6.45) is 0.858. The van der Waals surface area contributed by atoms with E-state index < -0.39 is 16.0 Å². The van der Waals surface area contributed by atoms with Crippen LogP contribution in [0.25, 0.3) is 0 Å². The lowest BCUT2D eigenvalue weighted by molar-refractivity contribution is 0.0696. The Morgan fingerprint density at radius 2 is 1.86 bits per heavy atom. The highest BCUT2D eigenvalue weighted by atomic mass is 32.2. The number of aromatic carboxylic acids is 1. The van der Waals surface area contributed by atoms with Gasteiger partial charge in [0.25, 0.3) is 0 Å². The van der Waals surface area contributed by atoms with Crippen LogP contribution in [0.5, 0.6) is 0 Å². The van der Waals surface area contributed by atoms with Crippen molar-refractivity contribution in [1.29, 1.82) is 0 Å². The molecule has 2 unspecified atom stereocenters. The van der Waals surface area contributed by atoms with Crippen LogP contribution in [0.4, 0.5) is 0 Å². The van der Waals surface area contributed by atoms with Crippen LogP contribution in [-0.2, 0) is 10.0 Å². The molecule has 0 aliphatic heterocycles. The number of hydrogen-bond acceptors (Lipinski definition) is 3. The molecule has 1 aromatic carbocycles. The average molecular weight is 313 g/mol. The van der Waals surface area contributed by atoms with E-state index in [-0.39, 0.29) is 22.4 Å². The molecule has 0 heterocycles. The highest BCUT2D eigenvalue weighted by Crippen LogP contribution is 2.22. The molecule has 0 aliphatic rings. The van der Waals surface area contributed by atoms with Gasteiger partial charge in [-0.15, -0.1) is 0 Å². The van der Waals surface area contributed by atoms with Crippen LogP contribution >= 0.6 is 0 Å². The van der Waals surface area contributed by atoms with Gasteiger partial charge in [-0.25, -0.2) is 17.9 Å². The maximum atomic E-state index is 12.5. The van der Waals surface area contributed by atoms with E-state index in [0.29, 0.717) is 11.1 Å². The van der Waals surface area contributed by atoms with Crippen molar-refractivity contribution >= 4 is 16.0 Å². The number of nitrogens with one attached hydrogen (secondary N) is 1. The van der Waals surface area contributed by atoms with Gasteiger partial charge in [-0.2, -0.15) is 0 Å². The average Bonchev–Trinajstić information content (AvgIpc) is 2.39. The zero-order valence-corrected chi connectivity index (χ0v) is 13.9. The quantitative estimate of drug-likeness (QED) is 0.846. The number of carboxylic acid groups (broad SMARTS) is 1. The molecule has 0 radical (unpaired) electrons. The van der Waals surface area contributed by atoms with E-state index in [9.17, 15) is 13.2 Å². The molecule has 0 saturated heterocycles. The summed E-state index contributed by atoms with van der Waals surface area (Å²) in [5.41, 5.74) is 1.20. The Bertz CT molecular complexity index is 637. The Balaban J connectivity index is 3.28. The standard InChI is InChI=1S/C15H23NO4S/c1-6-9(2)12(5)16-21(19,20)14-8-13(15(17)18)7-10(3)11(14)4/h7-9,12,16H,6H2,1-5H3,(H,17,18). The van der Waals surface area contributed by atoms with Crippen LogP contribution in [-0.4, -0.2) is 25.5 Å². The molecule has 1 rings (SSSR count). The molecule has 0 aromatic heterocycles. The van der Waals surface area contributed by atoms with Gasteiger partial charge in [0.1, 0.15) is 0 Å². The summed E-state index contributed by atoms with van der Waals surface area (Å²) in [6, 6.07) is 2.48. The molecule has 5 nitrogen and oxygen atoms in total. The van der Waals surface area contributed by atoms with Gasteiger partial charge in [-0.05, 0) is 49.9 Å². The highest BCUT2D eigenvalue weighted by molar-refractivity contribution is 7.89. The topological polar surface area (TPSA) is 83.5 Å². The molecule has 0 aliphatic carbocycles. The minimum atomic E-state index is -3.74. The van der Waals surface area contributed by atoms with Crippen LogP contribution in [0, 0.1) is 19.8 Å². The Hall–Kier alpha value is -1.40. The molecule has 0 spiro atoms. The van der Waals surface area contributed by atoms with E-state index >= 15 is 0 Å². The zero-order valence-electron chi connectivity index (χ0n) is 13.1. The molecule has 118 valence electrons. The third-order valence-corrected chi connectivity index (χ3v) is 5.68. The molecule has 21 heavy (non-hydrogen) atoms. The summed E-state index contributed by atoms with van der Waals surface area (Å²) in [5, 5.41) is 9.08. The number of carbonyl (C=O) groups is 1. The van der Waals surface area contributed by atoms with Gasteiger partial charge >= 0.3 is 5.97 Å². The summed E-state index contributed by atoms with van der Waals surface area (Å²) in [4.78, 5) is 11.1. The monoisotopic (exact) mass is 313 g/mol. The first-order chi connectivity index (χ1) is 9.60. The van der Waals surface area contributed by atoms with Gasteiger partial charge in [0, 0.05) is 6.04 Å². The van der Waals surface area contributed by atoms with Gasteiger partial charge < -0.3 is 5.11 Å². The Morgan fingerprint density at radius 3 is 2.33 bits per heavy atom. The molecular weight excluding hydrogens is 290 g/mol. The summed E-state index contributed by atoms with van der Waals surface area (Å²) >= 11 is 0. The molecule has 0 fully saturated rings. The first kappa shape index (κ1) is 17.7. The maximum Gasteiger partial charge on any atom is 0.335 e. The Morgan fingerprint density at radius 1 is 1.29 bits per heavy atom. The van der Waals surface area contributed by atoms with Crippen LogP contribution < -0.4 is 4.72 Å². The fourth-order valence-electron chi connectivity index (χ4n) is 2.01. The molecule has 2 atom stereocenters. The molecule has 0 amide bonds. The Labute approximate surface area is 126 Å². The number of aryl methyl sites for hydroxylation is 1. The second kappa shape index (κ2) is 6.58. The first-order valence-corrected chi connectivity index (χ1v) is 8.45. The summed E-state index contributed by atoms with van der Waals surface area (Å²) < 4.78 is 27.7. The van der Waals surface area contributed by atoms with Crippen molar-refractivity contribution in [1.82, 2.24) is 4.72 Å². The van der Waals surface area contributed by atoms with E-state index in [0.717, 1.165) is 6.42 Å². The van der Waals surface area contributed by atoms with Gasteiger partial charge in [-0.1, -0.05) is 20.3 Å². The van der Waals surface area contributed by atoms with Crippen molar-refractivity contribution < 1.29 is 18.3 Å². The fraction of sp³-hybridized carbons (Fsp3) is 0.533. The third-order valence-electron chi connectivity index (χ3n) is 3.99. The van der Waals surface area contributed by atoms with Crippen molar-refractivity contribution in [3.05, 3.63) is 28.8 Å². The highest BCUT2D eigenvalue weighted by Gasteiger charge is 2.24. The van der Waals surface area contributed by atoms with Crippen LogP contribution in [0.2, 0.25) is 0 Å². The number of carboxylic acids is 1. The summed E-state index contributed by atoms with van der Waals surface area (Å²) in [5.74, 6) is -0.937. The minimum Gasteiger partial charge on any atom is -0.478 e. The van der Waals surface area contributed by atoms with Crippen molar-refractivity contribution in [3.8, 4) is 0 Å². The minimum absolute atomic E-state index is 0.0188. The number of rotatable bonds is 6. The van der Waals surface area contributed by atoms with E-state index in [4.69, 9.17) is 5.11 Å².